The topological polar surface area (TPSA) is 139 Å². The number of benzene rings is 1. The quantitative estimate of drug-likeness (QED) is 0.238. The Hall–Kier alpha value is -3.27. The van der Waals surface area contributed by atoms with Crippen LogP contribution in [-0.4, -0.2) is 45.1 Å². The molecule has 2 fully saturated rings. The van der Waals surface area contributed by atoms with E-state index in [1.54, 1.807) is 0 Å². The fourth-order valence-corrected chi connectivity index (χ4v) is 4.55. The van der Waals surface area contributed by atoms with Crippen molar-refractivity contribution in [2.75, 3.05) is 0 Å². The van der Waals surface area contributed by atoms with Crippen LogP contribution in [0.3, 0.4) is 0 Å². The van der Waals surface area contributed by atoms with Gasteiger partial charge in [0.1, 0.15) is 0 Å². The van der Waals surface area contributed by atoms with E-state index in [0.717, 1.165) is 23.7 Å². The Labute approximate surface area is 174 Å². The van der Waals surface area contributed by atoms with Gasteiger partial charge in [-0.05, 0) is 31.2 Å². The zero-order valence-electron chi connectivity index (χ0n) is 15.6. The summed E-state index contributed by atoms with van der Waals surface area (Å²) in [5.74, 6) is -3.19. The van der Waals surface area contributed by atoms with Gasteiger partial charge in [-0.1, -0.05) is 23.8 Å². The number of carboxylic acid groups (broad SMARTS) is 1. The number of nitro groups is 1. The maximum atomic E-state index is 12.6. The number of hydrogen-bond donors (Lipinski definition) is 1. The highest BCUT2D eigenvalue weighted by Crippen LogP contribution is 2.52. The second-order valence-corrected chi connectivity index (χ2v) is 7.85. The first-order valence-electron chi connectivity index (χ1n) is 9.16. The zero-order valence-corrected chi connectivity index (χ0v) is 16.4. The molecule has 3 aliphatic rings. The van der Waals surface area contributed by atoms with Gasteiger partial charge in [0.15, 0.2) is 6.10 Å². The van der Waals surface area contributed by atoms with Crippen LogP contribution in [0.25, 0.3) is 0 Å². The lowest BCUT2D eigenvalue weighted by molar-refractivity contribution is -0.386. The van der Waals surface area contributed by atoms with Crippen molar-refractivity contribution >= 4 is 41.3 Å². The van der Waals surface area contributed by atoms with Gasteiger partial charge < -0.3 is 9.84 Å². The Morgan fingerprint density at radius 2 is 1.93 bits per heavy atom. The van der Waals surface area contributed by atoms with Gasteiger partial charge in [0.2, 0.25) is 5.75 Å². The first kappa shape index (κ1) is 20.0. The highest BCUT2D eigenvalue weighted by Gasteiger charge is 2.59. The molecule has 2 aliphatic carbocycles. The molecule has 1 aromatic rings. The molecule has 156 valence electrons. The van der Waals surface area contributed by atoms with E-state index in [4.69, 9.17) is 21.4 Å². The number of imide groups is 1. The summed E-state index contributed by atoms with van der Waals surface area (Å²) in [6, 6.07) is 2.36. The van der Waals surface area contributed by atoms with Gasteiger partial charge >= 0.3 is 11.7 Å². The molecular formula is C19H16ClN3O7. The standard InChI is InChI=1S/C19H16ClN3O7/c1-8(19(26)27)30-16-12(20)4-9(5-13(16)23(28)29)7-21-22-17(24)14-10-2-3-11(6-10)15(14)18(22)25/h2-5,7-8,10-11,14-15H,6H2,1H3,(H,26,27)/t8-,10+,11+,14-,15+/m1/s1. The minimum absolute atomic E-state index is 0.0415. The fraction of sp³-hybridized carbons (Fsp3) is 0.368. The molecule has 2 amide bonds. The minimum atomic E-state index is -1.36. The number of carbonyl (C=O) groups excluding carboxylic acids is 2. The van der Waals surface area contributed by atoms with Gasteiger partial charge in [0.25, 0.3) is 11.8 Å². The van der Waals surface area contributed by atoms with E-state index < -0.39 is 34.5 Å². The third-order valence-electron chi connectivity index (χ3n) is 5.65. The molecule has 0 unspecified atom stereocenters. The second kappa shape index (κ2) is 7.21. The number of ether oxygens (including phenoxy) is 1. The number of nitrogens with zero attached hydrogens (tertiary/aromatic N) is 3. The normalized spacial score (nSPS) is 27.7. The average molecular weight is 434 g/mol. The zero-order chi connectivity index (χ0) is 21.7. The maximum Gasteiger partial charge on any atom is 0.344 e. The molecule has 1 aliphatic heterocycles. The lowest BCUT2D eigenvalue weighted by atomic mass is 9.85. The lowest BCUT2D eigenvalue weighted by Gasteiger charge is -2.13. The third-order valence-corrected chi connectivity index (χ3v) is 5.94. The molecule has 1 saturated heterocycles. The molecular weight excluding hydrogens is 418 g/mol. The SMILES string of the molecule is C[C@@H](Oc1c(Cl)cc(C=NN2C(=O)[C@@H]3[C@H](C2=O)[C@H]2C=C[C@H]3C2)cc1[N+](=O)[O-])C(=O)O. The minimum Gasteiger partial charge on any atom is -0.479 e. The Kier molecular flexibility index (Phi) is 4.81. The molecule has 10 nitrogen and oxygen atoms in total. The summed E-state index contributed by atoms with van der Waals surface area (Å²) in [6.45, 7) is 1.21. The predicted molar refractivity (Wildman–Crippen MR) is 103 cm³/mol. The van der Waals surface area contributed by atoms with Gasteiger partial charge in [-0.3, -0.25) is 19.7 Å². The smallest absolute Gasteiger partial charge is 0.344 e. The number of nitro benzene ring substituents is 1. The average Bonchev–Trinajstić information content (AvgIpc) is 3.36. The van der Waals surface area contributed by atoms with E-state index >= 15 is 0 Å². The van der Waals surface area contributed by atoms with Crippen LogP contribution in [0.4, 0.5) is 5.69 Å². The summed E-state index contributed by atoms with van der Waals surface area (Å²) in [4.78, 5) is 46.9. The number of rotatable bonds is 6. The molecule has 5 atom stereocenters. The molecule has 1 heterocycles. The van der Waals surface area contributed by atoms with Crippen LogP contribution in [0.2, 0.25) is 5.02 Å². The number of hydrogen-bond acceptors (Lipinski definition) is 7. The van der Waals surface area contributed by atoms with Gasteiger partial charge in [-0.2, -0.15) is 10.1 Å². The van der Waals surface area contributed by atoms with Crippen LogP contribution in [0.15, 0.2) is 29.4 Å². The predicted octanol–water partition coefficient (Wildman–Crippen LogP) is 2.24. The summed E-state index contributed by atoms with van der Waals surface area (Å²) >= 11 is 6.06. The van der Waals surface area contributed by atoms with Crippen LogP contribution < -0.4 is 4.74 Å². The molecule has 2 bridgehead atoms. The largest absolute Gasteiger partial charge is 0.479 e. The van der Waals surface area contributed by atoms with Crippen LogP contribution in [0.5, 0.6) is 5.75 Å². The Balaban J connectivity index is 1.60. The van der Waals surface area contributed by atoms with Crippen molar-refractivity contribution in [1.82, 2.24) is 5.01 Å². The summed E-state index contributed by atoms with van der Waals surface area (Å²) < 4.78 is 5.10. The molecule has 4 rings (SSSR count). The van der Waals surface area contributed by atoms with Crippen molar-refractivity contribution in [3.8, 4) is 5.75 Å². The number of allylic oxidation sites excluding steroid dienone is 2. The number of fused-ring (bicyclic) bond motifs is 5. The van der Waals surface area contributed by atoms with E-state index in [-0.39, 0.29) is 40.0 Å². The first-order chi connectivity index (χ1) is 14.2. The molecule has 1 aromatic carbocycles. The molecule has 1 N–H and O–H groups in total. The van der Waals surface area contributed by atoms with E-state index in [1.807, 2.05) is 12.2 Å². The molecule has 30 heavy (non-hydrogen) atoms. The fourth-order valence-electron chi connectivity index (χ4n) is 4.28. The van der Waals surface area contributed by atoms with Gasteiger partial charge in [-0.25, -0.2) is 4.79 Å². The number of aliphatic carboxylic acids is 1. The Bertz CT molecular complexity index is 1010. The van der Waals surface area contributed by atoms with Crippen molar-refractivity contribution < 1.29 is 29.2 Å². The van der Waals surface area contributed by atoms with Crippen molar-refractivity contribution in [3.05, 3.63) is 45.0 Å². The van der Waals surface area contributed by atoms with E-state index in [2.05, 4.69) is 5.10 Å². The molecule has 0 spiro atoms. The van der Waals surface area contributed by atoms with Crippen LogP contribution in [-0.2, 0) is 14.4 Å². The van der Waals surface area contributed by atoms with Gasteiger partial charge in [-0.15, -0.1) is 0 Å². The number of carbonyl (C=O) groups is 3. The number of amides is 2. The third kappa shape index (κ3) is 3.13. The molecule has 0 radical (unpaired) electrons. The van der Waals surface area contributed by atoms with Crippen LogP contribution >= 0.6 is 11.6 Å². The van der Waals surface area contributed by atoms with Crippen molar-refractivity contribution in [1.29, 1.82) is 0 Å². The number of carboxylic acids is 1. The van der Waals surface area contributed by atoms with E-state index in [0.29, 0.717) is 0 Å². The number of hydrazone groups is 1. The van der Waals surface area contributed by atoms with Crippen LogP contribution in [0, 0.1) is 33.8 Å². The highest BCUT2D eigenvalue weighted by molar-refractivity contribution is 6.32. The second-order valence-electron chi connectivity index (χ2n) is 7.44. The summed E-state index contributed by atoms with van der Waals surface area (Å²) in [5, 5.41) is 24.9. The van der Waals surface area contributed by atoms with Crippen molar-refractivity contribution in [2.45, 2.75) is 19.4 Å². The highest BCUT2D eigenvalue weighted by atomic mass is 35.5. The van der Waals surface area contributed by atoms with Crippen LogP contribution in [0.1, 0.15) is 18.9 Å². The van der Waals surface area contributed by atoms with E-state index in [1.165, 1.54) is 13.0 Å². The Morgan fingerprint density at radius 3 is 2.47 bits per heavy atom. The monoisotopic (exact) mass is 433 g/mol. The first-order valence-corrected chi connectivity index (χ1v) is 9.54. The summed E-state index contributed by atoms with van der Waals surface area (Å²) in [6.07, 6.45) is 4.50. The summed E-state index contributed by atoms with van der Waals surface area (Å²) in [7, 11) is 0. The van der Waals surface area contributed by atoms with Crippen molar-refractivity contribution in [3.63, 3.8) is 0 Å². The Morgan fingerprint density at radius 1 is 1.33 bits per heavy atom. The van der Waals surface area contributed by atoms with E-state index in [9.17, 15) is 24.5 Å². The van der Waals surface area contributed by atoms with Gasteiger partial charge in [0, 0.05) is 11.6 Å². The van der Waals surface area contributed by atoms with Crippen molar-refractivity contribution in [2.24, 2.45) is 28.8 Å². The molecule has 0 aromatic heterocycles. The molecule has 1 saturated carbocycles. The lowest BCUT2D eigenvalue weighted by Crippen LogP contribution is -2.28. The summed E-state index contributed by atoms with van der Waals surface area (Å²) in [5.41, 5.74) is -0.406. The number of halogens is 1. The molecule has 11 heteroatoms. The maximum absolute atomic E-state index is 12.6. The van der Waals surface area contributed by atoms with Gasteiger partial charge in [0.05, 0.1) is 28.0 Å².